The second-order valence-corrected chi connectivity index (χ2v) is 11.3. The highest BCUT2D eigenvalue weighted by Crippen LogP contribution is 2.30. The lowest BCUT2D eigenvalue weighted by molar-refractivity contribution is -0.172. The number of hydrogen-bond donors (Lipinski definition) is 1. The van der Waals surface area contributed by atoms with Gasteiger partial charge in [0.2, 0.25) is 5.91 Å². The Morgan fingerprint density at radius 3 is 2.49 bits per heavy atom. The van der Waals surface area contributed by atoms with Crippen LogP contribution in [0, 0.1) is 0 Å². The van der Waals surface area contributed by atoms with E-state index in [9.17, 15) is 14.4 Å². The van der Waals surface area contributed by atoms with Crippen LogP contribution in [0.3, 0.4) is 0 Å². The summed E-state index contributed by atoms with van der Waals surface area (Å²) in [4.78, 5) is 41.1. The maximum atomic E-state index is 13.6. The van der Waals surface area contributed by atoms with Crippen molar-refractivity contribution in [2.24, 2.45) is 0 Å². The maximum absolute atomic E-state index is 13.6. The standard InChI is InChI=1S/C27H42N2O7S/c1-9-35-24(31)21(12-10-19-16-20(33-7)11-13-22(19)34-8)28-18(2)23(30)29-14-15-37-17-27(29,6)25(32)36-26(3,4)5/h11,13,16,18,21,28H,9-10,12,14-15,17H2,1-8H3/t18-,21?,27?/m0/s1. The number of amides is 1. The van der Waals surface area contributed by atoms with Crippen molar-refractivity contribution in [2.45, 2.75) is 77.6 Å². The van der Waals surface area contributed by atoms with E-state index >= 15 is 0 Å². The number of aryl methyl sites for hydroxylation is 1. The van der Waals surface area contributed by atoms with Crippen LogP contribution in [0.5, 0.6) is 11.5 Å². The van der Waals surface area contributed by atoms with Gasteiger partial charge in [-0.25, -0.2) is 4.79 Å². The molecule has 37 heavy (non-hydrogen) atoms. The van der Waals surface area contributed by atoms with E-state index < -0.39 is 35.2 Å². The topological polar surface area (TPSA) is 103 Å². The Bertz CT molecular complexity index is 949. The summed E-state index contributed by atoms with van der Waals surface area (Å²) in [6, 6.07) is 4.03. The summed E-state index contributed by atoms with van der Waals surface area (Å²) in [6.45, 7) is 11.3. The summed E-state index contributed by atoms with van der Waals surface area (Å²) >= 11 is 1.62. The lowest BCUT2D eigenvalue weighted by Gasteiger charge is -2.44. The largest absolute Gasteiger partial charge is 0.497 e. The zero-order valence-electron chi connectivity index (χ0n) is 23.3. The number of esters is 2. The maximum Gasteiger partial charge on any atom is 0.333 e. The summed E-state index contributed by atoms with van der Waals surface area (Å²) in [7, 11) is 3.18. The molecule has 1 heterocycles. The van der Waals surface area contributed by atoms with Crippen molar-refractivity contribution in [3.8, 4) is 11.5 Å². The number of nitrogens with zero attached hydrogens (tertiary/aromatic N) is 1. The van der Waals surface area contributed by atoms with Gasteiger partial charge in [-0.05, 0) is 78.1 Å². The van der Waals surface area contributed by atoms with E-state index in [2.05, 4.69) is 5.32 Å². The fourth-order valence-electron chi connectivity index (χ4n) is 4.16. The molecule has 1 fully saturated rings. The van der Waals surface area contributed by atoms with E-state index in [1.807, 2.05) is 39.0 Å². The quantitative estimate of drug-likeness (QED) is 0.425. The SMILES string of the molecule is CCOC(=O)C(CCc1cc(OC)ccc1OC)N[C@@H](C)C(=O)N1CCSCC1(C)C(=O)OC(C)(C)C. The van der Waals surface area contributed by atoms with Crippen molar-refractivity contribution >= 4 is 29.6 Å². The van der Waals surface area contributed by atoms with Crippen LogP contribution in [0.4, 0.5) is 0 Å². The van der Waals surface area contributed by atoms with Crippen LogP contribution in [0.15, 0.2) is 18.2 Å². The molecule has 0 aliphatic carbocycles. The van der Waals surface area contributed by atoms with Crippen LogP contribution in [0.25, 0.3) is 0 Å². The molecule has 1 aliphatic rings. The second kappa shape index (κ2) is 13.4. The molecule has 208 valence electrons. The highest BCUT2D eigenvalue weighted by Gasteiger charge is 2.47. The summed E-state index contributed by atoms with van der Waals surface area (Å²) in [6.07, 6.45) is 0.868. The van der Waals surface area contributed by atoms with Crippen LogP contribution in [-0.2, 0) is 30.3 Å². The van der Waals surface area contributed by atoms with Gasteiger partial charge in [-0.1, -0.05) is 0 Å². The van der Waals surface area contributed by atoms with E-state index in [1.165, 1.54) is 0 Å². The first-order chi connectivity index (χ1) is 17.4. The predicted molar refractivity (Wildman–Crippen MR) is 144 cm³/mol. The minimum absolute atomic E-state index is 0.224. The molecule has 9 nitrogen and oxygen atoms in total. The normalized spacial score (nSPS) is 19.5. The minimum Gasteiger partial charge on any atom is -0.497 e. The van der Waals surface area contributed by atoms with Gasteiger partial charge in [0.1, 0.15) is 28.7 Å². The van der Waals surface area contributed by atoms with E-state index in [-0.39, 0.29) is 12.5 Å². The van der Waals surface area contributed by atoms with Crippen LogP contribution < -0.4 is 14.8 Å². The summed E-state index contributed by atoms with van der Waals surface area (Å²) in [5.74, 6) is 1.40. The van der Waals surface area contributed by atoms with Crippen molar-refractivity contribution in [1.29, 1.82) is 0 Å². The molecule has 1 N–H and O–H groups in total. The Hall–Kier alpha value is -2.46. The van der Waals surface area contributed by atoms with Gasteiger partial charge in [-0.2, -0.15) is 11.8 Å². The van der Waals surface area contributed by atoms with Crippen molar-refractivity contribution in [2.75, 3.05) is 38.9 Å². The number of thioether (sulfide) groups is 1. The smallest absolute Gasteiger partial charge is 0.333 e. The Morgan fingerprint density at radius 1 is 1.19 bits per heavy atom. The Kier molecular flexibility index (Phi) is 11.1. The van der Waals surface area contributed by atoms with Crippen LogP contribution in [0.2, 0.25) is 0 Å². The number of nitrogens with one attached hydrogen (secondary N) is 1. The molecular weight excluding hydrogens is 496 g/mol. The molecule has 2 rings (SSSR count). The number of carbonyl (C=O) groups excluding carboxylic acids is 3. The minimum atomic E-state index is -1.10. The molecular formula is C27H42N2O7S. The average Bonchev–Trinajstić information content (AvgIpc) is 2.85. The van der Waals surface area contributed by atoms with E-state index in [0.29, 0.717) is 42.4 Å². The first-order valence-electron chi connectivity index (χ1n) is 12.6. The third kappa shape index (κ3) is 8.26. The number of carbonyl (C=O) groups is 3. The molecule has 1 aromatic rings. The van der Waals surface area contributed by atoms with Gasteiger partial charge in [-0.3, -0.25) is 14.9 Å². The molecule has 1 aromatic carbocycles. The van der Waals surface area contributed by atoms with E-state index in [1.54, 1.807) is 51.7 Å². The number of hydrogen-bond acceptors (Lipinski definition) is 9. The van der Waals surface area contributed by atoms with Gasteiger partial charge in [-0.15, -0.1) is 0 Å². The number of methoxy groups -OCH3 is 2. The monoisotopic (exact) mass is 538 g/mol. The van der Waals surface area contributed by atoms with Crippen LogP contribution in [-0.4, -0.2) is 84.8 Å². The third-order valence-corrected chi connectivity index (χ3v) is 7.36. The van der Waals surface area contributed by atoms with Crippen molar-refractivity contribution in [1.82, 2.24) is 10.2 Å². The van der Waals surface area contributed by atoms with Gasteiger partial charge in [0.05, 0.1) is 26.9 Å². The zero-order chi connectivity index (χ0) is 27.8. The van der Waals surface area contributed by atoms with Gasteiger partial charge >= 0.3 is 11.9 Å². The summed E-state index contributed by atoms with van der Waals surface area (Å²) in [5.41, 5.74) is -0.893. The van der Waals surface area contributed by atoms with Gasteiger partial charge in [0.25, 0.3) is 0 Å². The molecule has 2 unspecified atom stereocenters. The third-order valence-electron chi connectivity index (χ3n) is 6.13. The fraction of sp³-hybridized carbons (Fsp3) is 0.667. The summed E-state index contributed by atoms with van der Waals surface area (Å²) < 4.78 is 21.7. The number of ether oxygens (including phenoxy) is 4. The summed E-state index contributed by atoms with van der Waals surface area (Å²) in [5, 5.41) is 3.16. The highest BCUT2D eigenvalue weighted by molar-refractivity contribution is 7.99. The molecule has 3 atom stereocenters. The van der Waals surface area contributed by atoms with Crippen molar-refractivity contribution in [3.63, 3.8) is 0 Å². The molecule has 0 saturated carbocycles. The highest BCUT2D eigenvalue weighted by atomic mass is 32.2. The Balaban J connectivity index is 2.21. The number of rotatable bonds is 11. The molecule has 10 heteroatoms. The van der Waals surface area contributed by atoms with Crippen molar-refractivity contribution in [3.05, 3.63) is 23.8 Å². The second-order valence-electron chi connectivity index (χ2n) is 10.2. The lowest BCUT2D eigenvalue weighted by atomic mass is 9.99. The van der Waals surface area contributed by atoms with Crippen LogP contribution in [0.1, 0.15) is 53.5 Å². The average molecular weight is 539 g/mol. The molecule has 1 saturated heterocycles. The molecule has 0 aromatic heterocycles. The predicted octanol–water partition coefficient (Wildman–Crippen LogP) is 3.22. The lowest BCUT2D eigenvalue weighted by Crippen LogP contribution is -2.64. The number of benzene rings is 1. The first-order valence-corrected chi connectivity index (χ1v) is 13.8. The zero-order valence-corrected chi connectivity index (χ0v) is 24.2. The molecule has 0 spiro atoms. The molecule has 1 aliphatic heterocycles. The van der Waals surface area contributed by atoms with Gasteiger partial charge in [0.15, 0.2) is 0 Å². The fourth-order valence-corrected chi connectivity index (χ4v) is 5.29. The van der Waals surface area contributed by atoms with E-state index in [4.69, 9.17) is 18.9 Å². The molecule has 0 radical (unpaired) electrons. The van der Waals surface area contributed by atoms with Crippen molar-refractivity contribution < 1.29 is 33.3 Å². The first kappa shape index (κ1) is 30.8. The van der Waals surface area contributed by atoms with Gasteiger partial charge < -0.3 is 23.8 Å². The Labute approximate surface area is 224 Å². The molecule has 0 bridgehead atoms. The van der Waals surface area contributed by atoms with Gasteiger partial charge in [0, 0.05) is 18.1 Å². The molecule has 1 amide bonds. The Morgan fingerprint density at radius 2 is 1.89 bits per heavy atom. The van der Waals surface area contributed by atoms with E-state index in [0.717, 1.165) is 5.56 Å². The van der Waals surface area contributed by atoms with Crippen LogP contribution >= 0.6 is 11.8 Å².